The molecule has 2 saturated heterocycles. The van der Waals surface area contributed by atoms with Crippen LogP contribution in [0.3, 0.4) is 0 Å². The third kappa shape index (κ3) is 3.18. The lowest BCUT2D eigenvalue weighted by atomic mass is 10.2. The maximum Gasteiger partial charge on any atom is 0.417 e. The Hall–Kier alpha value is -1.86. The average Bonchev–Trinajstić information content (AvgIpc) is 3.15. The Bertz CT molecular complexity index is 768. The molecule has 25 heavy (non-hydrogen) atoms. The van der Waals surface area contributed by atoms with Gasteiger partial charge in [-0.2, -0.15) is 13.2 Å². The number of alkyl halides is 3. The molecular weight excluding hydrogens is 353 g/mol. The van der Waals surface area contributed by atoms with Crippen LogP contribution in [0.2, 0.25) is 5.02 Å². The Kier molecular flexibility index (Phi) is 4.08. The quantitative estimate of drug-likeness (QED) is 0.828. The number of rotatable bonds is 3. The number of anilines is 1. The lowest BCUT2D eigenvalue weighted by molar-refractivity contribution is -0.137. The van der Waals surface area contributed by atoms with E-state index >= 15 is 0 Å². The van der Waals surface area contributed by atoms with Crippen molar-refractivity contribution in [2.45, 2.75) is 31.2 Å². The normalized spacial score (nSPS) is 23.4. The standard InChI is InChI=1S/C17H16ClF3N4/c18-15-5-11(17(19,20)21)7-23-16(15)25-10-13-6-14(25)9-24(13)8-12-3-1-2-4-22-12/h1-5,7,13-14H,6,8-10H2. The smallest absolute Gasteiger partial charge is 0.349 e. The molecule has 0 amide bonds. The number of piperazine rings is 1. The summed E-state index contributed by atoms with van der Waals surface area (Å²) in [5, 5.41) is 0.0543. The Morgan fingerprint density at radius 2 is 2.00 bits per heavy atom. The molecule has 0 spiro atoms. The van der Waals surface area contributed by atoms with Crippen molar-refractivity contribution in [1.82, 2.24) is 14.9 Å². The first-order valence-corrected chi connectivity index (χ1v) is 8.43. The third-order valence-corrected chi connectivity index (χ3v) is 5.14. The van der Waals surface area contributed by atoms with Crippen molar-refractivity contribution < 1.29 is 13.2 Å². The molecule has 2 unspecified atom stereocenters. The number of likely N-dealkylation sites (tertiary alicyclic amines) is 1. The van der Waals surface area contributed by atoms with Gasteiger partial charge in [-0.15, -0.1) is 0 Å². The number of aromatic nitrogens is 2. The Morgan fingerprint density at radius 3 is 2.60 bits per heavy atom. The van der Waals surface area contributed by atoms with Crippen LogP contribution in [0.4, 0.5) is 19.0 Å². The van der Waals surface area contributed by atoms with Crippen molar-refractivity contribution in [3.05, 3.63) is 52.9 Å². The molecule has 2 atom stereocenters. The van der Waals surface area contributed by atoms with Crippen LogP contribution in [0, 0.1) is 0 Å². The van der Waals surface area contributed by atoms with E-state index in [9.17, 15) is 13.2 Å². The molecule has 4 rings (SSSR count). The fourth-order valence-electron chi connectivity index (χ4n) is 3.70. The average molecular weight is 369 g/mol. The van der Waals surface area contributed by atoms with Gasteiger partial charge in [-0.05, 0) is 24.6 Å². The monoisotopic (exact) mass is 368 g/mol. The maximum atomic E-state index is 12.8. The molecule has 2 aliphatic rings. The second-order valence-electron chi connectivity index (χ2n) is 6.47. The zero-order valence-electron chi connectivity index (χ0n) is 13.2. The van der Waals surface area contributed by atoms with Gasteiger partial charge in [0.15, 0.2) is 0 Å². The van der Waals surface area contributed by atoms with Crippen LogP contribution in [0.25, 0.3) is 0 Å². The van der Waals surface area contributed by atoms with Crippen LogP contribution >= 0.6 is 11.6 Å². The lowest BCUT2D eigenvalue weighted by Crippen LogP contribution is -2.46. The topological polar surface area (TPSA) is 32.3 Å². The van der Waals surface area contributed by atoms with Crippen LogP contribution < -0.4 is 4.90 Å². The molecule has 0 aliphatic carbocycles. The molecule has 0 radical (unpaired) electrons. The summed E-state index contributed by atoms with van der Waals surface area (Å²) in [6.07, 6.45) is -0.828. The maximum absolute atomic E-state index is 12.8. The van der Waals surface area contributed by atoms with Gasteiger partial charge in [-0.3, -0.25) is 9.88 Å². The summed E-state index contributed by atoms with van der Waals surface area (Å²) in [6, 6.07) is 7.37. The minimum atomic E-state index is -4.43. The highest BCUT2D eigenvalue weighted by Crippen LogP contribution is 2.39. The van der Waals surface area contributed by atoms with Crippen molar-refractivity contribution >= 4 is 17.4 Å². The van der Waals surface area contributed by atoms with Crippen LogP contribution in [0.1, 0.15) is 17.7 Å². The minimum absolute atomic E-state index is 0.0543. The molecule has 2 fully saturated rings. The van der Waals surface area contributed by atoms with E-state index in [0.29, 0.717) is 11.9 Å². The van der Waals surface area contributed by atoms with E-state index in [1.54, 1.807) is 6.20 Å². The summed E-state index contributed by atoms with van der Waals surface area (Å²) in [7, 11) is 0. The predicted molar refractivity (Wildman–Crippen MR) is 88.4 cm³/mol. The summed E-state index contributed by atoms with van der Waals surface area (Å²) in [5.41, 5.74) is 0.203. The van der Waals surface area contributed by atoms with E-state index in [0.717, 1.165) is 44.0 Å². The zero-order valence-corrected chi connectivity index (χ0v) is 14.0. The summed E-state index contributed by atoms with van der Waals surface area (Å²) in [5.74, 6) is 0.444. The Morgan fingerprint density at radius 1 is 1.16 bits per heavy atom. The first kappa shape index (κ1) is 16.6. The summed E-state index contributed by atoms with van der Waals surface area (Å²) in [4.78, 5) is 12.7. The Labute approximate surface area is 148 Å². The molecule has 0 aromatic carbocycles. The number of halogens is 4. The van der Waals surface area contributed by atoms with E-state index < -0.39 is 11.7 Å². The van der Waals surface area contributed by atoms with Crippen molar-refractivity contribution in [3.63, 3.8) is 0 Å². The van der Waals surface area contributed by atoms with Crippen molar-refractivity contribution in [2.75, 3.05) is 18.0 Å². The van der Waals surface area contributed by atoms with Crippen molar-refractivity contribution in [3.8, 4) is 0 Å². The molecule has 0 N–H and O–H groups in total. The molecule has 2 aromatic heterocycles. The number of pyridine rings is 2. The van der Waals surface area contributed by atoms with Crippen LogP contribution in [0.5, 0.6) is 0 Å². The van der Waals surface area contributed by atoms with E-state index in [2.05, 4.69) is 14.9 Å². The number of fused-ring (bicyclic) bond motifs is 2. The highest BCUT2D eigenvalue weighted by atomic mass is 35.5. The van der Waals surface area contributed by atoms with Gasteiger partial charge in [0.25, 0.3) is 0 Å². The van der Waals surface area contributed by atoms with Crippen LogP contribution in [-0.4, -0.2) is 40.0 Å². The first-order valence-electron chi connectivity index (χ1n) is 8.05. The fourth-order valence-corrected chi connectivity index (χ4v) is 3.97. The third-order valence-electron chi connectivity index (χ3n) is 4.87. The van der Waals surface area contributed by atoms with Crippen molar-refractivity contribution in [2.24, 2.45) is 0 Å². The molecular formula is C17H16ClF3N4. The Balaban J connectivity index is 1.47. The second-order valence-corrected chi connectivity index (χ2v) is 6.88. The molecule has 132 valence electrons. The van der Waals surface area contributed by atoms with Gasteiger partial charge in [0.05, 0.1) is 16.3 Å². The van der Waals surface area contributed by atoms with E-state index in [-0.39, 0.29) is 11.1 Å². The van der Waals surface area contributed by atoms with Gasteiger partial charge in [0.2, 0.25) is 0 Å². The van der Waals surface area contributed by atoms with Crippen molar-refractivity contribution in [1.29, 1.82) is 0 Å². The largest absolute Gasteiger partial charge is 0.417 e. The minimum Gasteiger partial charge on any atom is -0.349 e. The summed E-state index contributed by atoms with van der Waals surface area (Å²) < 4.78 is 38.3. The van der Waals surface area contributed by atoms with Gasteiger partial charge in [0, 0.05) is 44.1 Å². The molecule has 2 bridgehead atoms. The zero-order chi connectivity index (χ0) is 17.6. The summed E-state index contributed by atoms with van der Waals surface area (Å²) >= 11 is 6.09. The molecule has 2 aliphatic heterocycles. The van der Waals surface area contributed by atoms with E-state index in [4.69, 9.17) is 11.6 Å². The fraction of sp³-hybridized carbons (Fsp3) is 0.412. The molecule has 4 nitrogen and oxygen atoms in total. The van der Waals surface area contributed by atoms with Gasteiger partial charge in [0.1, 0.15) is 5.82 Å². The number of nitrogens with zero attached hydrogens (tertiary/aromatic N) is 4. The van der Waals surface area contributed by atoms with Gasteiger partial charge >= 0.3 is 6.18 Å². The number of hydrogen-bond acceptors (Lipinski definition) is 4. The number of hydrogen-bond donors (Lipinski definition) is 0. The molecule has 8 heteroatoms. The lowest BCUT2D eigenvalue weighted by Gasteiger charge is -2.35. The second kappa shape index (κ2) is 6.14. The summed E-state index contributed by atoms with van der Waals surface area (Å²) in [6.45, 7) is 2.33. The van der Waals surface area contributed by atoms with E-state index in [1.807, 2.05) is 23.1 Å². The first-order chi connectivity index (χ1) is 11.9. The molecule has 4 heterocycles. The van der Waals surface area contributed by atoms with Gasteiger partial charge in [-0.1, -0.05) is 17.7 Å². The van der Waals surface area contributed by atoms with E-state index in [1.165, 1.54) is 0 Å². The van der Waals surface area contributed by atoms with Gasteiger partial charge < -0.3 is 4.90 Å². The molecule has 0 saturated carbocycles. The van der Waals surface area contributed by atoms with Crippen LogP contribution in [0.15, 0.2) is 36.7 Å². The molecule has 2 aromatic rings. The SMILES string of the molecule is FC(F)(F)c1cnc(N2CC3CC2CN3Cc2ccccn2)c(Cl)c1. The predicted octanol–water partition coefficient (Wildman–Crippen LogP) is 3.61. The van der Waals surface area contributed by atoms with Crippen LogP contribution in [-0.2, 0) is 12.7 Å². The van der Waals surface area contributed by atoms with Gasteiger partial charge in [-0.25, -0.2) is 4.98 Å². The highest BCUT2D eigenvalue weighted by molar-refractivity contribution is 6.33. The highest BCUT2D eigenvalue weighted by Gasteiger charge is 2.44.